The zero-order valence-electron chi connectivity index (χ0n) is 16.5. The number of carbonyl (C=O) groups excluding carboxylic acids is 1. The number of rotatable bonds is 7. The maximum absolute atomic E-state index is 12.4. The summed E-state index contributed by atoms with van der Waals surface area (Å²) in [6.45, 7) is 2.36. The van der Waals surface area contributed by atoms with Crippen LogP contribution in [0.2, 0.25) is 0 Å². The first-order valence-corrected chi connectivity index (χ1v) is 9.54. The van der Waals surface area contributed by atoms with Crippen LogP contribution in [0.5, 0.6) is 0 Å². The van der Waals surface area contributed by atoms with Crippen LogP contribution in [0.3, 0.4) is 0 Å². The number of hydrogen-bond acceptors (Lipinski definition) is 7. The highest BCUT2D eigenvalue weighted by molar-refractivity contribution is 5.87. The van der Waals surface area contributed by atoms with Crippen molar-refractivity contribution in [3.05, 3.63) is 48.8 Å². The lowest BCUT2D eigenvalue weighted by molar-refractivity contribution is -0.127. The summed E-state index contributed by atoms with van der Waals surface area (Å²) in [7, 11) is 3.97. The Kier molecular flexibility index (Phi) is 7.02. The fraction of sp³-hybridized carbons (Fsp3) is 0.450. The SMILES string of the molecule is CN(C)C/C=C/C(=O)N1CCC[C@@H](Cc2cc(Nc3cnccn3)ncn2)C1. The van der Waals surface area contributed by atoms with Crippen LogP contribution < -0.4 is 5.32 Å². The van der Waals surface area contributed by atoms with Crippen LogP contribution in [0, 0.1) is 5.92 Å². The Balaban J connectivity index is 1.57. The van der Waals surface area contributed by atoms with Crippen LogP contribution in [0.15, 0.2) is 43.1 Å². The Morgan fingerprint density at radius 3 is 2.96 bits per heavy atom. The molecule has 0 bridgehead atoms. The highest BCUT2D eigenvalue weighted by Gasteiger charge is 2.23. The summed E-state index contributed by atoms with van der Waals surface area (Å²) in [5.41, 5.74) is 0.962. The van der Waals surface area contributed by atoms with E-state index in [2.05, 4.69) is 25.3 Å². The molecule has 1 aliphatic heterocycles. The molecule has 0 saturated carbocycles. The quantitative estimate of drug-likeness (QED) is 0.733. The molecule has 0 unspecified atom stereocenters. The molecule has 1 N–H and O–H groups in total. The lowest BCUT2D eigenvalue weighted by Crippen LogP contribution is -2.39. The van der Waals surface area contributed by atoms with Crippen LogP contribution in [-0.4, -0.2) is 69.4 Å². The molecular weight excluding hydrogens is 354 g/mol. The van der Waals surface area contributed by atoms with Crippen LogP contribution in [0.1, 0.15) is 18.5 Å². The molecule has 8 nitrogen and oxygen atoms in total. The van der Waals surface area contributed by atoms with Crippen LogP contribution in [-0.2, 0) is 11.2 Å². The molecule has 8 heteroatoms. The number of likely N-dealkylation sites (tertiary alicyclic amines) is 1. The van der Waals surface area contributed by atoms with E-state index in [0.29, 0.717) is 17.6 Å². The van der Waals surface area contributed by atoms with Crippen molar-refractivity contribution in [1.29, 1.82) is 0 Å². The molecule has 0 spiro atoms. The van der Waals surface area contributed by atoms with Gasteiger partial charge in [0, 0.05) is 49.9 Å². The van der Waals surface area contributed by atoms with Crippen molar-refractivity contribution in [3.63, 3.8) is 0 Å². The van der Waals surface area contributed by atoms with Gasteiger partial charge in [-0.1, -0.05) is 6.08 Å². The van der Waals surface area contributed by atoms with Gasteiger partial charge in [-0.3, -0.25) is 9.78 Å². The van der Waals surface area contributed by atoms with Crippen molar-refractivity contribution < 1.29 is 4.79 Å². The van der Waals surface area contributed by atoms with Gasteiger partial charge in [-0.2, -0.15) is 0 Å². The number of aromatic nitrogens is 4. The van der Waals surface area contributed by atoms with Crippen molar-refractivity contribution in [2.24, 2.45) is 5.92 Å². The van der Waals surface area contributed by atoms with Gasteiger partial charge in [-0.25, -0.2) is 15.0 Å². The molecule has 1 amide bonds. The predicted octanol–water partition coefficient (Wildman–Crippen LogP) is 1.91. The minimum absolute atomic E-state index is 0.0965. The van der Waals surface area contributed by atoms with Gasteiger partial charge in [0.15, 0.2) is 0 Å². The third-order valence-electron chi connectivity index (χ3n) is 4.60. The number of hydrogen-bond donors (Lipinski definition) is 1. The fourth-order valence-corrected chi connectivity index (χ4v) is 3.27. The summed E-state index contributed by atoms with van der Waals surface area (Å²) in [4.78, 5) is 33.3. The number of nitrogens with one attached hydrogen (secondary N) is 1. The number of amides is 1. The number of piperidine rings is 1. The van der Waals surface area contributed by atoms with Crippen molar-refractivity contribution in [1.82, 2.24) is 29.7 Å². The summed E-state index contributed by atoms with van der Waals surface area (Å²) < 4.78 is 0. The molecule has 1 atom stereocenters. The minimum atomic E-state index is 0.0965. The number of likely N-dealkylation sites (N-methyl/N-ethyl adjacent to an activating group) is 1. The predicted molar refractivity (Wildman–Crippen MR) is 108 cm³/mol. The number of nitrogens with zero attached hydrogens (tertiary/aromatic N) is 6. The van der Waals surface area contributed by atoms with Crippen molar-refractivity contribution in [2.75, 3.05) is 39.0 Å². The smallest absolute Gasteiger partial charge is 0.246 e. The van der Waals surface area contributed by atoms with Gasteiger partial charge in [0.05, 0.1) is 6.20 Å². The van der Waals surface area contributed by atoms with E-state index in [1.54, 1.807) is 31.0 Å². The third kappa shape index (κ3) is 6.09. The molecule has 1 aliphatic rings. The van der Waals surface area contributed by atoms with E-state index in [-0.39, 0.29) is 5.91 Å². The Hall–Kier alpha value is -2.87. The maximum atomic E-state index is 12.4. The van der Waals surface area contributed by atoms with Gasteiger partial charge in [0.1, 0.15) is 18.0 Å². The van der Waals surface area contributed by atoms with E-state index < -0.39 is 0 Å². The van der Waals surface area contributed by atoms with Gasteiger partial charge in [0.2, 0.25) is 5.91 Å². The first-order valence-electron chi connectivity index (χ1n) is 9.54. The zero-order valence-corrected chi connectivity index (χ0v) is 16.5. The van der Waals surface area contributed by atoms with Gasteiger partial charge < -0.3 is 15.1 Å². The van der Waals surface area contributed by atoms with E-state index in [9.17, 15) is 4.79 Å². The molecular formula is C20H27N7O. The number of carbonyl (C=O) groups is 1. The lowest BCUT2D eigenvalue weighted by Gasteiger charge is -2.32. The summed E-state index contributed by atoms with van der Waals surface area (Å²) in [5.74, 6) is 1.84. The molecule has 0 radical (unpaired) electrons. The molecule has 28 heavy (non-hydrogen) atoms. The highest BCUT2D eigenvalue weighted by atomic mass is 16.2. The summed E-state index contributed by atoms with van der Waals surface area (Å²) in [6, 6.07) is 1.94. The minimum Gasteiger partial charge on any atom is -0.339 e. The first-order chi connectivity index (χ1) is 13.6. The highest BCUT2D eigenvalue weighted by Crippen LogP contribution is 2.21. The van der Waals surface area contributed by atoms with Crippen LogP contribution in [0.4, 0.5) is 11.6 Å². The molecule has 3 heterocycles. The average Bonchev–Trinajstić information content (AvgIpc) is 2.69. The molecule has 0 aromatic carbocycles. The molecule has 3 rings (SSSR count). The molecule has 0 aliphatic carbocycles. The van der Waals surface area contributed by atoms with Gasteiger partial charge >= 0.3 is 0 Å². The topological polar surface area (TPSA) is 87.1 Å². The van der Waals surface area contributed by atoms with Crippen LogP contribution >= 0.6 is 0 Å². The molecule has 1 fully saturated rings. The summed E-state index contributed by atoms with van der Waals surface area (Å²) in [6.07, 6.45) is 13.0. The third-order valence-corrected chi connectivity index (χ3v) is 4.60. The van der Waals surface area contributed by atoms with Gasteiger partial charge in [-0.15, -0.1) is 0 Å². The normalized spacial score (nSPS) is 17.2. The molecule has 2 aromatic rings. The van der Waals surface area contributed by atoms with E-state index in [1.165, 1.54) is 0 Å². The van der Waals surface area contributed by atoms with Gasteiger partial charge in [-0.05, 0) is 39.3 Å². The second-order valence-corrected chi connectivity index (χ2v) is 7.27. The molecule has 148 valence electrons. The van der Waals surface area contributed by atoms with Crippen LogP contribution in [0.25, 0.3) is 0 Å². The van der Waals surface area contributed by atoms with E-state index in [1.807, 2.05) is 36.0 Å². The lowest BCUT2D eigenvalue weighted by atomic mass is 9.93. The Labute approximate surface area is 165 Å². The Morgan fingerprint density at radius 2 is 2.18 bits per heavy atom. The standard InChI is InChI=1S/C20H27N7O/c1-26(2)9-4-6-20(28)27-10-3-5-16(14-27)11-17-12-18(24-15-23-17)25-19-13-21-7-8-22-19/h4,6-8,12-13,15-16H,3,5,9-11,14H2,1-2H3,(H,22,23,24,25)/b6-4+/t16-/m0/s1. The number of anilines is 2. The largest absolute Gasteiger partial charge is 0.339 e. The van der Waals surface area contributed by atoms with E-state index in [0.717, 1.165) is 44.6 Å². The maximum Gasteiger partial charge on any atom is 0.246 e. The summed E-state index contributed by atoms with van der Waals surface area (Å²) >= 11 is 0. The second kappa shape index (κ2) is 9.89. The molecule has 2 aromatic heterocycles. The average molecular weight is 381 g/mol. The van der Waals surface area contributed by atoms with E-state index in [4.69, 9.17) is 0 Å². The Morgan fingerprint density at radius 1 is 1.29 bits per heavy atom. The molecule has 1 saturated heterocycles. The van der Waals surface area contributed by atoms with Crippen molar-refractivity contribution in [3.8, 4) is 0 Å². The second-order valence-electron chi connectivity index (χ2n) is 7.27. The van der Waals surface area contributed by atoms with E-state index >= 15 is 0 Å². The van der Waals surface area contributed by atoms with Crippen molar-refractivity contribution >= 4 is 17.5 Å². The monoisotopic (exact) mass is 381 g/mol. The summed E-state index contributed by atoms with van der Waals surface area (Å²) in [5, 5.41) is 3.14. The fourth-order valence-electron chi connectivity index (χ4n) is 3.27. The van der Waals surface area contributed by atoms with Crippen molar-refractivity contribution in [2.45, 2.75) is 19.3 Å². The first kappa shape index (κ1) is 19.9. The Bertz CT molecular complexity index is 794. The zero-order chi connectivity index (χ0) is 19.8. The van der Waals surface area contributed by atoms with Gasteiger partial charge in [0.25, 0.3) is 0 Å².